The van der Waals surface area contributed by atoms with Crippen molar-refractivity contribution in [3.05, 3.63) is 23.8 Å². The lowest BCUT2D eigenvalue weighted by Gasteiger charge is -2.34. The van der Waals surface area contributed by atoms with E-state index in [0.29, 0.717) is 36.6 Å². The molecule has 1 saturated heterocycles. The summed E-state index contributed by atoms with van der Waals surface area (Å²) in [6.07, 6.45) is 0.891. The van der Waals surface area contributed by atoms with Crippen LogP contribution in [0.4, 0.5) is 0 Å². The molecule has 0 bridgehead atoms. The molecule has 0 saturated carbocycles. The fraction of sp³-hybridized carbons (Fsp3) is 0.600. The first-order valence-corrected chi connectivity index (χ1v) is 9.10. The molecule has 1 aromatic rings. The summed E-state index contributed by atoms with van der Waals surface area (Å²) in [4.78, 5) is 0.223. The second-order valence-corrected chi connectivity index (χ2v) is 7.90. The van der Waals surface area contributed by atoms with Gasteiger partial charge in [0.15, 0.2) is 0 Å². The molecule has 1 heterocycles. The number of piperidine rings is 1. The number of rotatable bonds is 4. The molecule has 1 aromatic carbocycles. The van der Waals surface area contributed by atoms with Gasteiger partial charge in [-0.2, -0.15) is 4.31 Å². The average molecular weight is 332 g/mol. The molecule has 0 aliphatic carbocycles. The first-order valence-electron chi connectivity index (χ1n) is 7.13. The molecule has 0 aromatic heterocycles. The van der Waals surface area contributed by atoms with Gasteiger partial charge in [-0.3, -0.25) is 0 Å². The lowest BCUT2D eigenvalue weighted by molar-refractivity contribution is 0.212. The van der Waals surface area contributed by atoms with Gasteiger partial charge in [0.1, 0.15) is 10.6 Å². The van der Waals surface area contributed by atoms with E-state index in [1.165, 1.54) is 7.11 Å². The molecule has 2 unspecified atom stereocenters. The van der Waals surface area contributed by atoms with Crippen molar-refractivity contribution in [1.82, 2.24) is 4.31 Å². The zero-order valence-corrected chi connectivity index (χ0v) is 14.2. The summed E-state index contributed by atoms with van der Waals surface area (Å²) in [5, 5.41) is 0. The Hall–Kier alpha value is -0.780. The Kier molecular flexibility index (Phi) is 5.17. The fourth-order valence-corrected chi connectivity index (χ4v) is 4.45. The normalized spacial score (nSPS) is 24.0. The van der Waals surface area contributed by atoms with Crippen LogP contribution < -0.4 is 4.74 Å². The topological polar surface area (TPSA) is 46.6 Å². The monoisotopic (exact) mass is 331 g/mol. The Balaban J connectivity index is 2.35. The summed E-state index contributed by atoms with van der Waals surface area (Å²) in [7, 11) is -2.04. The van der Waals surface area contributed by atoms with E-state index < -0.39 is 10.0 Å². The Morgan fingerprint density at radius 2 is 2.05 bits per heavy atom. The number of alkyl halides is 1. The van der Waals surface area contributed by atoms with Gasteiger partial charge in [0.25, 0.3) is 0 Å². The quantitative estimate of drug-likeness (QED) is 0.796. The average Bonchev–Trinajstić information content (AvgIpc) is 2.49. The van der Waals surface area contributed by atoms with Crippen LogP contribution in [0.2, 0.25) is 0 Å². The van der Waals surface area contributed by atoms with Gasteiger partial charge in [-0.25, -0.2) is 8.42 Å². The minimum absolute atomic E-state index is 0.223. The second-order valence-electron chi connectivity index (χ2n) is 5.73. The highest BCUT2D eigenvalue weighted by molar-refractivity contribution is 7.89. The Bertz CT molecular complexity index is 603. The van der Waals surface area contributed by atoms with E-state index in [9.17, 15) is 8.42 Å². The fourth-order valence-electron chi connectivity index (χ4n) is 2.59. The summed E-state index contributed by atoms with van der Waals surface area (Å²) in [6.45, 7) is 5.39. The van der Waals surface area contributed by atoms with Crippen molar-refractivity contribution in [2.75, 3.05) is 20.2 Å². The summed E-state index contributed by atoms with van der Waals surface area (Å²) >= 11 is 5.79. The van der Waals surface area contributed by atoms with Crippen LogP contribution in [0.15, 0.2) is 23.1 Å². The third kappa shape index (κ3) is 3.35. The van der Waals surface area contributed by atoms with Crippen molar-refractivity contribution < 1.29 is 13.2 Å². The molecular formula is C15H22ClNO3S. The molecule has 0 N–H and O–H groups in total. The molecule has 1 aliphatic heterocycles. The van der Waals surface area contributed by atoms with Crippen molar-refractivity contribution in [3.63, 3.8) is 0 Å². The minimum atomic E-state index is -3.52. The van der Waals surface area contributed by atoms with Crippen molar-refractivity contribution >= 4 is 21.6 Å². The Morgan fingerprint density at radius 1 is 1.33 bits per heavy atom. The summed E-state index contributed by atoms with van der Waals surface area (Å²) in [5.41, 5.74) is 0.841. The van der Waals surface area contributed by atoms with Crippen LogP contribution in [0, 0.1) is 11.8 Å². The number of methoxy groups -OCH3 is 1. The van der Waals surface area contributed by atoms with Gasteiger partial charge in [-0.1, -0.05) is 19.9 Å². The molecule has 21 heavy (non-hydrogen) atoms. The van der Waals surface area contributed by atoms with E-state index in [4.69, 9.17) is 16.3 Å². The van der Waals surface area contributed by atoms with E-state index >= 15 is 0 Å². The largest absolute Gasteiger partial charge is 0.495 e. The van der Waals surface area contributed by atoms with Crippen molar-refractivity contribution in [1.29, 1.82) is 0 Å². The zero-order chi connectivity index (χ0) is 15.6. The molecule has 0 spiro atoms. The maximum Gasteiger partial charge on any atom is 0.246 e. The van der Waals surface area contributed by atoms with Crippen LogP contribution in [0.25, 0.3) is 0 Å². The standard InChI is InChI=1S/C15H22ClNO3S/c1-11-6-7-17(10-12(11)2)21(18,19)15-5-4-13(9-16)8-14(15)20-3/h4-5,8,11-12H,6-7,9-10H2,1-3H3. The van der Waals surface area contributed by atoms with Gasteiger partial charge < -0.3 is 4.74 Å². The van der Waals surface area contributed by atoms with Crippen LogP contribution in [0.5, 0.6) is 5.75 Å². The van der Waals surface area contributed by atoms with Crippen LogP contribution in [-0.2, 0) is 15.9 Å². The SMILES string of the molecule is COc1cc(CCl)ccc1S(=O)(=O)N1CCC(C)C(C)C1. The maximum absolute atomic E-state index is 12.8. The third-order valence-electron chi connectivity index (χ3n) is 4.30. The van der Waals surface area contributed by atoms with E-state index in [1.807, 2.05) is 0 Å². The van der Waals surface area contributed by atoms with Gasteiger partial charge in [0, 0.05) is 19.0 Å². The van der Waals surface area contributed by atoms with Crippen LogP contribution in [-0.4, -0.2) is 32.9 Å². The summed E-state index contributed by atoms with van der Waals surface area (Å²) in [6, 6.07) is 5.02. The van der Waals surface area contributed by atoms with Crippen LogP contribution in [0.1, 0.15) is 25.8 Å². The second kappa shape index (κ2) is 6.55. The summed E-state index contributed by atoms with van der Waals surface area (Å²) in [5.74, 6) is 1.60. The molecule has 1 fully saturated rings. The molecular weight excluding hydrogens is 310 g/mol. The zero-order valence-electron chi connectivity index (χ0n) is 12.7. The highest BCUT2D eigenvalue weighted by atomic mass is 35.5. The highest BCUT2D eigenvalue weighted by Crippen LogP contribution is 2.32. The maximum atomic E-state index is 12.8. The van der Waals surface area contributed by atoms with Gasteiger partial charge in [0.2, 0.25) is 10.0 Å². The van der Waals surface area contributed by atoms with E-state index in [2.05, 4.69) is 13.8 Å². The smallest absolute Gasteiger partial charge is 0.246 e. The number of hydrogen-bond acceptors (Lipinski definition) is 3. The first-order chi connectivity index (χ1) is 9.90. The predicted molar refractivity (Wildman–Crippen MR) is 84.3 cm³/mol. The van der Waals surface area contributed by atoms with Gasteiger partial charge in [-0.15, -0.1) is 11.6 Å². The molecule has 0 amide bonds. The summed E-state index contributed by atoms with van der Waals surface area (Å²) < 4.78 is 32.5. The number of nitrogens with zero attached hydrogens (tertiary/aromatic N) is 1. The molecule has 6 heteroatoms. The molecule has 1 aliphatic rings. The lowest BCUT2D eigenvalue weighted by atomic mass is 9.90. The lowest BCUT2D eigenvalue weighted by Crippen LogP contribution is -2.42. The predicted octanol–water partition coefficient (Wildman–Crippen LogP) is 3.10. The van der Waals surface area contributed by atoms with Gasteiger partial charge in [0.05, 0.1) is 7.11 Å². The van der Waals surface area contributed by atoms with Crippen molar-refractivity contribution in [3.8, 4) is 5.75 Å². The highest BCUT2D eigenvalue weighted by Gasteiger charge is 2.33. The number of halogens is 1. The number of sulfonamides is 1. The molecule has 4 nitrogen and oxygen atoms in total. The Labute approximate surface area is 132 Å². The third-order valence-corrected chi connectivity index (χ3v) is 6.51. The molecule has 2 atom stereocenters. The molecule has 118 valence electrons. The van der Waals surface area contributed by atoms with Crippen molar-refractivity contribution in [2.24, 2.45) is 11.8 Å². The first kappa shape index (κ1) is 16.6. The van der Waals surface area contributed by atoms with E-state index in [1.54, 1.807) is 22.5 Å². The van der Waals surface area contributed by atoms with E-state index in [0.717, 1.165) is 12.0 Å². The van der Waals surface area contributed by atoms with Gasteiger partial charge >= 0.3 is 0 Å². The Morgan fingerprint density at radius 3 is 2.62 bits per heavy atom. The molecule has 2 rings (SSSR count). The van der Waals surface area contributed by atoms with E-state index in [-0.39, 0.29) is 4.90 Å². The number of benzene rings is 1. The minimum Gasteiger partial charge on any atom is -0.495 e. The van der Waals surface area contributed by atoms with Crippen molar-refractivity contribution in [2.45, 2.75) is 31.0 Å². The van der Waals surface area contributed by atoms with Crippen LogP contribution >= 0.6 is 11.6 Å². The van der Waals surface area contributed by atoms with Crippen LogP contribution in [0.3, 0.4) is 0 Å². The van der Waals surface area contributed by atoms with Gasteiger partial charge in [-0.05, 0) is 36.0 Å². The number of ether oxygens (including phenoxy) is 1. The number of hydrogen-bond donors (Lipinski definition) is 0. The molecule has 0 radical (unpaired) electrons.